The number of likely N-dealkylation sites (N-methyl/N-ethyl adjacent to an activating group) is 1. The summed E-state index contributed by atoms with van der Waals surface area (Å²) >= 11 is 0. The molecule has 212 valence electrons. The van der Waals surface area contributed by atoms with E-state index in [4.69, 9.17) is 9.47 Å². The average Bonchev–Trinajstić information content (AvgIpc) is 3.22. The number of esters is 2. The van der Waals surface area contributed by atoms with E-state index >= 15 is 0 Å². The van der Waals surface area contributed by atoms with Crippen LogP contribution in [0, 0.1) is 16.7 Å². The predicted molar refractivity (Wildman–Crippen MR) is 145 cm³/mol. The van der Waals surface area contributed by atoms with Crippen LogP contribution < -0.4 is 0 Å². The zero-order chi connectivity index (χ0) is 26.5. The molecule has 2 aliphatic heterocycles. The lowest BCUT2D eigenvalue weighted by molar-refractivity contribution is -0.147. The van der Waals surface area contributed by atoms with Gasteiger partial charge in [-0.1, -0.05) is 25.0 Å². The van der Waals surface area contributed by atoms with Gasteiger partial charge < -0.3 is 19.7 Å². The van der Waals surface area contributed by atoms with E-state index in [-0.39, 0.29) is 29.8 Å². The Morgan fingerprint density at radius 3 is 1.82 bits per heavy atom. The zero-order valence-electron chi connectivity index (χ0n) is 23.5. The van der Waals surface area contributed by atoms with Gasteiger partial charge in [-0.3, -0.25) is 14.5 Å². The monoisotopic (exact) mass is 549 g/mol. The summed E-state index contributed by atoms with van der Waals surface area (Å²) in [6, 6.07) is -0.885. The van der Waals surface area contributed by atoms with E-state index in [1.165, 1.54) is 11.1 Å². The lowest BCUT2D eigenvalue weighted by Gasteiger charge is -2.51. The lowest BCUT2D eigenvalue weighted by atomic mass is 9.57. The van der Waals surface area contributed by atoms with Gasteiger partial charge in [0.05, 0.1) is 0 Å². The molecule has 0 aromatic carbocycles. The van der Waals surface area contributed by atoms with Crippen LogP contribution in [0.15, 0.2) is 22.3 Å². The average molecular weight is 550 g/mol. The van der Waals surface area contributed by atoms with Gasteiger partial charge in [-0.25, -0.2) is 0 Å². The third kappa shape index (κ3) is 3.71. The standard InChI is InChI=1S/C30H43NO6.ClH/c1-17-8-6-10-27(3)12-14-29(34)19(25(32)36-23(29)20(17)27)16-31(5)22-26(33)37-24-21-18(2)9-7-11-28(21,4)13-15-30(22,24)35;/h19,22-24,34-35H,6-16H2,1-5H3;1H/t19?,22?,23-,24+,27-,28-,29?,30?;/m1./s1. The molecule has 0 aromatic heterocycles. The molecular weight excluding hydrogens is 506 g/mol. The molecule has 2 heterocycles. The number of carbonyl (C=O) groups excluding carboxylic acids is 2. The fraction of sp³-hybridized carbons (Fsp3) is 0.800. The molecule has 38 heavy (non-hydrogen) atoms. The molecule has 6 aliphatic rings. The minimum absolute atomic E-state index is 0. The first-order valence-corrected chi connectivity index (χ1v) is 14.3. The summed E-state index contributed by atoms with van der Waals surface area (Å²) in [6.07, 6.45) is 7.55. The number of rotatable bonds is 3. The predicted octanol–water partition coefficient (Wildman–Crippen LogP) is 4.24. The summed E-state index contributed by atoms with van der Waals surface area (Å²) in [5, 5.41) is 24.0. The SMILES string of the molecule is CC1=C2[C@H]3OC(=O)C(CN(C)C4C(=O)O[C@H]5C6=C(C)CCC[C@]6(C)CCC45O)C3(O)CC[C@@]2(C)CCC1.Cl. The number of hydrogen-bond donors (Lipinski definition) is 2. The zero-order valence-corrected chi connectivity index (χ0v) is 24.3. The maximum absolute atomic E-state index is 13.3. The lowest BCUT2D eigenvalue weighted by Crippen LogP contribution is -2.61. The van der Waals surface area contributed by atoms with Crippen LogP contribution in [0.4, 0.5) is 0 Å². The van der Waals surface area contributed by atoms with Crippen molar-refractivity contribution in [1.82, 2.24) is 4.90 Å². The Bertz CT molecular complexity index is 1120. The first-order valence-electron chi connectivity index (χ1n) is 14.3. The number of fused-ring (bicyclic) bond motifs is 6. The number of halogens is 1. The van der Waals surface area contributed by atoms with E-state index < -0.39 is 47.3 Å². The Labute approximate surface area is 232 Å². The highest BCUT2D eigenvalue weighted by Gasteiger charge is 2.67. The third-order valence-corrected chi connectivity index (χ3v) is 11.3. The Balaban J connectivity index is 0.00000294. The number of nitrogens with zero attached hydrogens (tertiary/aromatic N) is 1. The minimum atomic E-state index is -1.35. The summed E-state index contributed by atoms with van der Waals surface area (Å²) in [5.74, 6) is -1.64. The van der Waals surface area contributed by atoms with Gasteiger partial charge in [-0.2, -0.15) is 0 Å². The molecule has 2 N–H and O–H groups in total. The first-order chi connectivity index (χ1) is 17.3. The molecule has 8 heteroatoms. The molecule has 8 atom stereocenters. The molecule has 2 saturated heterocycles. The molecule has 0 bridgehead atoms. The van der Waals surface area contributed by atoms with E-state index in [9.17, 15) is 19.8 Å². The van der Waals surface area contributed by atoms with Crippen molar-refractivity contribution in [2.45, 2.75) is 121 Å². The fourth-order valence-electron chi connectivity index (χ4n) is 9.30. The van der Waals surface area contributed by atoms with E-state index in [1.807, 2.05) is 0 Å². The van der Waals surface area contributed by atoms with Gasteiger partial charge >= 0.3 is 11.9 Å². The maximum Gasteiger partial charge on any atom is 0.327 e. The summed E-state index contributed by atoms with van der Waals surface area (Å²) in [4.78, 5) is 28.4. The number of carbonyl (C=O) groups is 2. The normalized spacial score (nSPS) is 46.1. The van der Waals surface area contributed by atoms with E-state index in [0.29, 0.717) is 12.8 Å². The van der Waals surface area contributed by atoms with Crippen molar-refractivity contribution >= 4 is 24.3 Å². The largest absolute Gasteiger partial charge is 0.454 e. The Morgan fingerprint density at radius 1 is 0.789 bits per heavy atom. The summed E-state index contributed by atoms with van der Waals surface area (Å²) in [5.41, 5.74) is 1.91. The van der Waals surface area contributed by atoms with Crippen molar-refractivity contribution in [2.24, 2.45) is 16.7 Å². The van der Waals surface area contributed by atoms with Crippen LogP contribution in [0.5, 0.6) is 0 Å². The van der Waals surface area contributed by atoms with Gasteiger partial charge in [-0.15, -0.1) is 12.4 Å². The van der Waals surface area contributed by atoms with Crippen LogP contribution in [0.25, 0.3) is 0 Å². The Kier molecular flexibility index (Phi) is 6.70. The second-order valence-corrected chi connectivity index (χ2v) is 13.7. The molecule has 0 aromatic rings. The fourth-order valence-corrected chi connectivity index (χ4v) is 9.30. The van der Waals surface area contributed by atoms with Crippen LogP contribution in [0.1, 0.15) is 91.9 Å². The second-order valence-electron chi connectivity index (χ2n) is 13.7. The molecule has 4 fully saturated rings. The van der Waals surface area contributed by atoms with Crippen molar-refractivity contribution in [3.05, 3.63) is 22.3 Å². The van der Waals surface area contributed by atoms with Crippen molar-refractivity contribution < 1.29 is 29.3 Å². The van der Waals surface area contributed by atoms with E-state index in [0.717, 1.165) is 62.5 Å². The van der Waals surface area contributed by atoms with Gasteiger partial charge in [0.25, 0.3) is 0 Å². The number of hydrogen-bond acceptors (Lipinski definition) is 7. The molecule has 6 rings (SSSR count). The van der Waals surface area contributed by atoms with Crippen LogP contribution in [-0.2, 0) is 19.1 Å². The van der Waals surface area contributed by atoms with Gasteiger partial charge in [0.2, 0.25) is 0 Å². The Morgan fingerprint density at radius 2 is 1.26 bits per heavy atom. The molecule has 4 unspecified atom stereocenters. The summed E-state index contributed by atoms with van der Waals surface area (Å²) in [6.45, 7) is 8.82. The Hall–Kier alpha value is -1.41. The van der Waals surface area contributed by atoms with E-state index in [2.05, 4.69) is 27.7 Å². The van der Waals surface area contributed by atoms with Crippen LogP contribution in [-0.4, -0.2) is 70.1 Å². The van der Waals surface area contributed by atoms with Gasteiger partial charge in [0.15, 0.2) is 12.2 Å². The molecule has 0 amide bonds. The highest BCUT2D eigenvalue weighted by molar-refractivity contribution is 5.85. The van der Waals surface area contributed by atoms with Crippen LogP contribution >= 0.6 is 12.4 Å². The smallest absolute Gasteiger partial charge is 0.327 e. The topological polar surface area (TPSA) is 96.3 Å². The van der Waals surface area contributed by atoms with Crippen molar-refractivity contribution in [2.75, 3.05) is 13.6 Å². The minimum Gasteiger partial charge on any atom is -0.454 e. The number of allylic oxidation sites excluding steroid dienone is 2. The third-order valence-electron chi connectivity index (χ3n) is 11.3. The number of ether oxygens (including phenoxy) is 2. The molecule has 7 nitrogen and oxygen atoms in total. The highest BCUT2D eigenvalue weighted by Crippen LogP contribution is 2.59. The molecule has 0 spiro atoms. The summed E-state index contributed by atoms with van der Waals surface area (Å²) in [7, 11) is 1.77. The van der Waals surface area contributed by atoms with Crippen molar-refractivity contribution in [3.8, 4) is 0 Å². The second kappa shape index (κ2) is 9.05. The van der Waals surface area contributed by atoms with Crippen molar-refractivity contribution in [3.63, 3.8) is 0 Å². The highest BCUT2D eigenvalue weighted by atomic mass is 35.5. The van der Waals surface area contributed by atoms with E-state index in [1.54, 1.807) is 11.9 Å². The first kappa shape index (κ1) is 28.1. The van der Waals surface area contributed by atoms with Crippen LogP contribution in [0.3, 0.4) is 0 Å². The van der Waals surface area contributed by atoms with Gasteiger partial charge in [-0.05, 0) is 107 Å². The number of aliphatic hydroxyl groups is 2. The van der Waals surface area contributed by atoms with Crippen LogP contribution in [0.2, 0.25) is 0 Å². The molecule has 0 radical (unpaired) electrons. The molecule has 2 saturated carbocycles. The summed E-state index contributed by atoms with van der Waals surface area (Å²) < 4.78 is 11.9. The molecular formula is C30H44ClNO6. The van der Waals surface area contributed by atoms with Crippen molar-refractivity contribution in [1.29, 1.82) is 0 Å². The molecule has 4 aliphatic carbocycles. The van der Waals surface area contributed by atoms with Gasteiger partial charge in [0, 0.05) is 6.54 Å². The quantitative estimate of drug-likeness (QED) is 0.401. The van der Waals surface area contributed by atoms with Gasteiger partial charge in [0.1, 0.15) is 23.2 Å². The maximum atomic E-state index is 13.3.